The fraction of sp³-hybridized carbons (Fsp3) is 0.375. The highest BCUT2D eigenvalue weighted by Gasteiger charge is 2.36. The van der Waals surface area contributed by atoms with Crippen molar-refractivity contribution in [3.8, 4) is 5.75 Å². The number of para-hydroxylation sites is 1. The zero-order chi connectivity index (χ0) is 22.8. The van der Waals surface area contributed by atoms with E-state index in [-0.39, 0.29) is 24.3 Å². The van der Waals surface area contributed by atoms with Gasteiger partial charge in [-0.2, -0.15) is 0 Å². The molecule has 172 valence electrons. The summed E-state index contributed by atoms with van der Waals surface area (Å²) in [7, 11) is 0. The van der Waals surface area contributed by atoms with Crippen molar-refractivity contribution in [3.05, 3.63) is 63.3 Å². The number of ether oxygens (including phenoxy) is 1. The summed E-state index contributed by atoms with van der Waals surface area (Å²) in [6, 6.07) is 11.1. The molecule has 1 N–H and O–H groups in total. The first-order chi connectivity index (χ1) is 16.2. The van der Waals surface area contributed by atoms with Gasteiger partial charge in [-0.3, -0.25) is 19.4 Å². The van der Waals surface area contributed by atoms with Gasteiger partial charge in [-0.05, 0) is 49.4 Å². The molecule has 2 aliphatic heterocycles. The number of thiazole rings is 1. The van der Waals surface area contributed by atoms with Crippen molar-refractivity contribution in [2.45, 2.75) is 31.4 Å². The molecule has 1 fully saturated rings. The van der Waals surface area contributed by atoms with Gasteiger partial charge in [0, 0.05) is 24.5 Å². The Morgan fingerprint density at radius 2 is 2.12 bits per heavy atom. The molecule has 3 aromatic rings. The number of aliphatic hydroxyl groups excluding tert-OH is 1. The number of aliphatic hydroxyl groups is 1. The Bertz CT molecular complexity index is 1130. The maximum absolute atomic E-state index is 13.3. The van der Waals surface area contributed by atoms with Crippen LogP contribution in [0.5, 0.6) is 5.75 Å². The monoisotopic (exact) mass is 483 g/mol. The molecule has 0 bridgehead atoms. The molecule has 33 heavy (non-hydrogen) atoms. The number of hydrogen-bond donors (Lipinski definition) is 1. The largest absolute Gasteiger partial charge is 0.475 e. The molecular weight excluding hydrogens is 458 g/mol. The van der Waals surface area contributed by atoms with Crippen LogP contribution in [-0.2, 0) is 0 Å². The molecule has 1 saturated heterocycles. The molecule has 0 spiro atoms. The van der Waals surface area contributed by atoms with Crippen LogP contribution in [0.3, 0.4) is 0 Å². The zero-order valence-corrected chi connectivity index (χ0v) is 19.7. The quantitative estimate of drug-likeness (QED) is 0.521. The number of amides is 1. The van der Waals surface area contributed by atoms with E-state index in [1.165, 1.54) is 22.7 Å². The SMILES string of the molecule is O=C1c2ccccc2O[C@H]1c1csc(N(CCCN2CCCC2CO)C(=O)c2cccs2)n1. The van der Waals surface area contributed by atoms with Crippen molar-refractivity contribution in [2.24, 2.45) is 0 Å². The molecule has 1 amide bonds. The van der Waals surface area contributed by atoms with E-state index in [0.717, 1.165) is 32.4 Å². The minimum Gasteiger partial charge on any atom is -0.475 e. The molecule has 2 atom stereocenters. The molecular formula is C24H25N3O4S2. The first kappa shape index (κ1) is 22.2. The first-order valence-corrected chi connectivity index (χ1v) is 12.9. The highest BCUT2D eigenvalue weighted by Crippen LogP contribution is 2.38. The molecule has 0 aliphatic carbocycles. The summed E-state index contributed by atoms with van der Waals surface area (Å²) in [5.41, 5.74) is 1.09. The van der Waals surface area contributed by atoms with Gasteiger partial charge in [-0.1, -0.05) is 18.2 Å². The Morgan fingerprint density at radius 3 is 2.91 bits per heavy atom. The van der Waals surface area contributed by atoms with E-state index < -0.39 is 6.10 Å². The second-order valence-corrected chi connectivity index (χ2v) is 10.00. The van der Waals surface area contributed by atoms with Gasteiger partial charge in [0.05, 0.1) is 17.0 Å². The summed E-state index contributed by atoms with van der Waals surface area (Å²) in [4.78, 5) is 35.4. The topological polar surface area (TPSA) is 83.0 Å². The van der Waals surface area contributed by atoms with Gasteiger partial charge in [-0.15, -0.1) is 22.7 Å². The fourth-order valence-corrected chi connectivity index (χ4v) is 5.99. The van der Waals surface area contributed by atoms with E-state index in [0.29, 0.717) is 33.6 Å². The average molecular weight is 484 g/mol. The lowest BCUT2D eigenvalue weighted by Gasteiger charge is -2.25. The number of anilines is 1. The molecule has 2 aromatic heterocycles. The van der Waals surface area contributed by atoms with E-state index in [2.05, 4.69) is 9.88 Å². The van der Waals surface area contributed by atoms with Crippen LogP contribution >= 0.6 is 22.7 Å². The summed E-state index contributed by atoms with van der Waals surface area (Å²) in [5.74, 6) is 0.369. The zero-order valence-electron chi connectivity index (χ0n) is 18.1. The predicted octanol–water partition coefficient (Wildman–Crippen LogP) is 4.01. The highest BCUT2D eigenvalue weighted by molar-refractivity contribution is 7.14. The average Bonchev–Trinajstić information content (AvgIpc) is 3.64. The molecule has 1 unspecified atom stereocenters. The highest BCUT2D eigenvalue weighted by atomic mass is 32.1. The van der Waals surface area contributed by atoms with Crippen LogP contribution in [0.15, 0.2) is 47.2 Å². The smallest absolute Gasteiger partial charge is 0.270 e. The summed E-state index contributed by atoms with van der Waals surface area (Å²) in [6.07, 6.45) is 2.10. The van der Waals surface area contributed by atoms with E-state index in [9.17, 15) is 14.7 Å². The molecule has 5 rings (SSSR count). The standard InChI is InChI=1S/C24H25N3O4S2/c28-14-16-6-3-10-26(16)11-5-12-27(23(30)20-9-4-13-32-20)24-25-18(15-33-24)22-21(29)17-7-1-2-8-19(17)31-22/h1-2,4,7-9,13,15-16,22,28H,3,5-6,10-12,14H2/t16?,22-/m0/s1. The number of rotatable bonds is 8. The molecule has 9 heteroatoms. The third kappa shape index (κ3) is 4.46. The summed E-state index contributed by atoms with van der Waals surface area (Å²) >= 11 is 2.76. The van der Waals surface area contributed by atoms with Crippen LogP contribution in [-0.4, -0.2) is 59.0 Å². The molecule has 2 aliphatic rings. The Labute approximate surface area is 200 Å². The third-order valence-electron chi connectivity index (χ3n) is 6.16. The minimum atomic E-state index is -0.777. The van der Waals surface area contributed by atoms with Gasteiger partial charge in [-0.25, -0.2) is 4.98 Å². The van der Waals surface area contributed by atoms with Crippen LogP contribution in [0.25, 0.3) is 0 Å². The van der Waals surface area contributed by atoms with Crippen molar-refractivity contribution in [1.82, 2.24) is 9.88 Å². The number of hydrogen-bond acceptors (Lipinski definition) is 8. The van der Waals surface area contributed by atoms with E-state index >= 15 is 0 Å². The Morgan fingerprint density at radius 1 is 1.24 bits per heavy atom. The molecule has 1 aromatic carbocycles. The Hall–Kier alpha value is -2.59. The van der Waals surface area contributed by atoms with Crippen LogP contribution < -0.4 is 9.64 Å². The van der Waals surface area contributed by atoms with Gasteiger partial charge in [0.15, 0.2) is 5.13 Å². The number of likely N-dealkylation sites (tertiary alicyclic amines) is 1. The summed E-state index contributed by atoms with van der Waals surface area (Å²) < 4.78 is 5.87. The lowest BCUT2D eigenvalue weighted by molar-refractivity contribution is 0.0854. The molecule has 0 saturated carbocycles. The Kier molecular flexibility index (Phi) is 6.55. The maximum atomic E-state index is 13.3. The number of thiophene rings is 1. The van der Waals surface area contributed by atoms with Gasteiger partial charge in [0.25, 0.3) is 5.91 Å². The predicted molar refractivity (Wildman–Crippen MR) is 129 cm³/mol. The Balaban J connectivity index is 1.33. The second kappa shape index (κ2) is 9.72. The van der Waals surface area contributed by atoms with Gasteiger partial charge in [0.2, 0.25) is 11.9 Å². The minimum absolute atomic E-state index is 0.0898. The van der Waals surface area contributed by atoms with Crippen molar-refractivity contribution in [2.75, 3.05) is 31.1 Å². The number of carbonyl (C=O) groups is 2. The van der Waals surface area contributed by atoms with Crippen molar-refractivity contribution in [1.29, 1.82) is 0 Å². The third-order valence-corrected chi connectivity index (χ3v) is 7.90. The second-order valence-electron chi connectivity index (χ2n) is 8.22. The van der Waals surface area contributed by atoms with Crippen LogP contribution in [0, 0.1) is 0 Å². The summed E-state index contributed by atoms with van der Waals surface area (Å²) in [5, 5.41) is 13.8. The van der Waals surface area contributed by atoms with Crippen LogP contribution in [0.4, 0.5) is 5.13 Å². The lowest BCUT2D eigenvalue weighted by atomic mass is 10.1. The lowest BCUT2D eigenvalue weighted by Crippen LogP contribution is -2.37. The normalized spacial score (nSPS) is 20.1. The van der Waals surface area contributed by atoms with E-state index in [4.69, 9.17) is 4.74 Å². The number of carbonyl (C=O) groups excluding carboxylic acids is 2. The summed E-state index contributed by atoms with van der Waals surface area (Å²) in [6.45, 7) is 2.48. The number of aromatic nitrogens is 1. The molecule has 4 heterocycles. The first-order valence-electron chi connectivity index (χ1n) is 11.1. The molecule has 0 radical (unpaired) electrons. The van der Waals surface area contributed by atoms with Crippen molar-refractivity contribution >= 4 is 39.5 Å². The van der Waals surface area contributed by atoms with Crippen LogP contribution in [0.2, 0.25) is 0 Å². The number of ketones is 1. The van der Waals surface area contributed by atoms with Gasteiger partial charge < -0.3 is 9.84 Å². The fourth-order valence-electron chi connectivity index (χ4n) is 4.46. The van der Waals surface area contributed by atoms with E-state index in [1.807, 2.05) is 29.6 Å². The number of nitrogens with zero attached hydrogens (tertiary/aromatic N) is 3. The maximum Gasteiger partial charge on any atom is 0.270 e. The van der Waals surface area contributed by atoms with Gasteiger partial charge >= 0.3 is 0 Å². The van der Waals surface area contributed by atoms with E-state index in [1.54, 1.807) is 22.4 Å². The van der Waals surface area contributed by atoms with Crippen molar-refractivity contribution < 1.29 is 19.4 Å². The number of fused-ring (bicyclic) bond motifs is 1. The van der Waals surface area contributed by atoms with Gasteiger partial charge in [0.1, 0.15) is 11.4 Å². The number of benzene rings is 1. The van der Waals surface area contributed by atoms with Crippen LogP contribution in [0.1, 0.15) is 51.1 Å². The molecule has 7 nitrogen and oxygen atoms in total. The van der Waals surface area contributed by atoms with Crippen molar-refractivity contribution in [3.63, 3.8) is 0 Å². The number of Topliss-reactive ketones (excluding diaryl/α,β-unsaturated/α-hetero) is 1.